The molecule has 0 radical (unpaired) electrons. The van der Waals surface area contributed by atoms with Crippen LogP contribution in [0.4, 0.5) is 21.9 Å². The second-order valence-electron chi connectivity index (χ2n) is 4.39. The van der Waals surface area contributed by atoms with Gasteiger partial charge >= 0.3 is 6.03 Å². The van der Waals surface area contributed by atoms with E-state index < -0.39 is 11.9 Å². The fraction of sp³-hybridized carbons (Fsp3) is 0.0667. The number of nitrogens with one attached hydrogen (secondary N) is 1. The highest BCUT2D eigenvalue weighted by atomic mass is 35.5. The smallest absolute Gasteiger partial charge is 0.333 e. The summed E-state index contributed by atoms with van der Waals surface area (Å²) < 4.78 is 0. The predicted octanol–water partition coefficient (Wildman–Crippen LogP) is 3.51. The number of nitrogens with two attached hydrogens (primary N) is 1. The van der Waals surface area contributed by atoms with Crippen LogP contribution in [-0.4, -0.2) is 11.9 Å². The number of benzene rings is 2. The lowest BCUT2D eigenvalue weighted by Gasteiger charge is -2.20. The van der Waals surface area contributed by atoms with Crippen LogP contribution in [0.5, 0.6) is 0 Å². The summed E-state index contributed by atoms with van der Waals surface area (Å²) in [6, 6.07) is 12.6. The van der Waals surface area contributed by atoms with Crippen LogP contribution in [-0.2, 0) is 4.79 Å². The van der Waals surface area contributed by atoms with Crippen molar-refractivity contribution in [2.24, 2.45) is 0 Å². The van der Waals surface area contributed by atoms with E-state index in [1.807, 2.05) is 0 Å². The monoisotopic (exact) mass is 303 g/mol. The highest BCUT2D eigenvalue weighted by molar-refractivity contribution is 6.31. The molecule has 2 aromatic carbocycles. The van der Waals surface area contributed by atoms with E-state index in [4.69, 9.17) is 17.3 Å². The molecule has 0 aliphatic carbocycles. The van der Waals surface area contributed by atoms with E-state index in [1.165, 1.54) is 6.92 Å². The molecule has 3 N–H and O–H groups in total. The topological polar surface area (TPSA) is 75.4 Å². The Morgan fingerprint density at radius 2 is 1.86 bits per heavy atom. The SMILES string of the molecule is CC(=O)N(C(=O)Nc1cccc(Cl)c1)c1cccc(N)c1. The van der Waals surface area contributed by atoms with Gasteiger partial charge < -0.3 is 11.1 Å². The third kappa shape index (κ3) is 3.73. The maximum atomic E-state index is 12.3. The van der Waals surface area contributed by atoms with E-state index in [2.05, 4.69) is 5.32 Å². The first kappa shape index (κ1) is 14.9. The number of hydrogen-bond donors (Lipinski definition) is 2. The Balaban J connectivity index is 2.26. The average molecular weight is 304 g/mol. The van der Waals surface area contributed by atoms with Crippen LogP contribution in [0.2, 0.25) is 5.02 Å². The van der Waals surface area contributed by atoms with Crippen LogP contribution in [0.15, 0.2) is 48.5 Å². The molecule has 5 nitrogen and oxygen atoms in total. The van der Waals surface area contributed by atoms with Gasteiger partial charge in [-0.25, -0.2) is 9.69 Å². The Labute approximate surface area is 127 Å². The molecule has 2 rings (SSSR count). The van der Waals surface area contributed by atoms with Crippen LogP contribution in [0.1, 0.15) is 6.92 Å². The molecule has 0 aromatic heterocycles. The fourth-order valence-electron chi connectivity index (χ4n) is 1.85. The lowest BCUT2D eigenvalue weighted by atomic mass is 10.2. The zero-order valence-electron chi connectivity index (χ0n) is 11.3. The summed E-state index contributed by atoms with van der Waals surface area (Å²) in [5.41, 5.74) is 7.06. The maximum absolute atomic E-state index is 12.3. The molecule has 6 heteroatoms. The first-order valence-electron chi connectivity index (χ1n) is 6.20. The van der Waals surface area contributed by atoms with Gasteiger partial charge in [0.25, 0.3) is 0 Å². The van der Waals surface area contributed by atoms with Crippen molar-refractivity contribution < 1.29 is 9.59 Å². The molecule has 0 atom stereocenters. The molecule has 2 aromatic rings. The number of hydrogen-bond acceptors (Lipinski definition) is 3. The van der Waals surface area contributed by atoms with Crippen molar-refractivity contribution in [3.05, 3.63) is 53.6 Å². The first-order chi connectivity index (χ1) is 9.97. The van der Waals surface area contributed by atoms with Gasteiger partial charge in [0.15, 0.2) is 0 Å². The standard InChI is InChI=1S/C15H14ClN3O2/c1-10(20)19(14-7-3-5-12(17)9-14)15(21)18-13-6-2-4-11(16)8-13/h2-9H,17H2,1H3,(H,18,21). The Morgan fingerprint density at radius 3 is 2.48 bits per heavy atom. The number of halogens is 1. The number of anilines is 3. The largest absolute Gasteiger partial charge is 0.399 e. The number of nitrogens with zero attached hydrogens (tertiary/aromatic N) is 1. The van der Waals surface area contributed by atoms with Gasteiger partial charge in [-0.2, -0.15) is 0 Å². The number of carbonyl (C=O) groups excluding carboxylic acids is 2. The molecular formula is C15H14ClN3O2. The molecule has 0 aliphatic rings. The van der Waals surface area contributed by atoms with Gasteiger partial charge in [0.1, 0.15) is 0 Å². The summed E-state index contributed by atoms with van der Waals surface area (Å²) in [6.07, 6.45) is 0. The molecule has 0 bridgehead atoms. The van der Waals surface area contributed by atoms with Crippen molar-refractivity contribution in [2.75, 3.05) is 16.0 Å². The third-order valence-electron chi connectivity index (χ3n) is 2.72. The summed E-state index contributed by atoms with van der Waals surface area (Å²) in [7, 11) is 0. The summed E-state index contributed by atoms with van der Waals surface area (Å²) >= 11 is 5.86. The Bertz CT molecular complexity index is 688. The molecule has 0 saturated carbocycles. The lowest BCUT2D eigenvalue weighted by Crippen LogP contribution is -2.38. The minimum atomic E-state index is -0.574. The van der Waals surface area contributed by atoms with Crippen molar-refractivity contribution in [1.29, 1.82) is 0 Å². The van der Waals surface area contributed by atoms with E-state index >= 15 is 0 Å². The van der Waals surface area contributed by atoms with Gasteiger partial charge in [0.2, 0.25) is 5.91 Å². The number of urea groups is 1. The second kappa shape index (κ2) is 6.28. The molecule has 21 heavy (non-hydrogen) atoms. The molecule has 0 saturated heterocycles. The molecule has 0 aliphatic heterocycles. The number of rotatable bonds is 2. The van der Waals surface area contributed by atoms with Crippen molar-refractivity contribution in [3.8, 4) is 0 Å². The molecule has 0 heterocycles. The van der Waals surface area contributed by atoms with Crippen molar-refractivity contribution in [1.82, 2.24) is 0 Å². The third-order valence-corrected chi connectivity index (χ3v) is 2.96. The number of nitrogen functional groups attached to an aromatic ring is 1. The minimum Gasteiger partial charge on any atom is -0.399 e. The Kier molecular flexibility index (Phi) is 4.45. The van der Waals surface area contributed by atoms with Crippen LogP contribution >= 0.6 is 11.6 Å². The van der Waals surface area contributed by atoms with Gasteiger partial charge in [-0.1, -0.05) is 23.7 Å². The maximum Gasteiger partial charge on any atom is 0.333 e. The zero-order chi connectivity index (χ0) is 15.4. The van der Waals surface area contributed by atoms with Crippen molar-refractivity contribution >= 4 is 40.6 Å². The lowest BCUT2D eigenvalue weighted by molar-refractivity contribution is -0.115. The van der Waals surface area contributed by atoms with Gasteiger partial charge in [-0.3, -0.25) is 4.79 Å². The van der Waals surface area contributed by atoms with Gasteiger partial charge in [-0.15, -0.1) is 0 Å². The highest BCUT2D eigenvalue weighted by Crippen LogP contribution is 2.20. The van der Waals surface area contributed by atoms with Crippen LogP contribution in [0, 0.1) is 0 Å². The Morgan fingerprint density at radius 1 is 1.14 bits per heavy atom. The summed E-state index contributed by atoms with van der Waals surface area (Å²) in [5, 5.41) is 3.11. The Hall–Kier alpha value is -2.53. The van der Waals surface area contributed by atoms with E-state index in [1.54, 1.807) is 48.5 Å². The number of amides is 3. The normalized spacial score (nSPS) is 10.0. The second-order valence-corrected chi connectivity index (χ2v) is 4.83. The van der Waals surface area contributed by atoms with E-state index in [0.717, 1.165) is 4.90 Å². The van der Waals surface area contributed by atoms with Crippen molar-refractivity contribution in [2.45, 2.75) is 6.92 Å². The van der Waals surface area contributed by atoms with E-state index in [-0.39, 0.29) is 0 Å². The fourth-order valence-corrected chi connectivity index (χ4v) is 2.04. The quantitative estimate of drug-likeness (QED) is 0.834. The molecule has 3 amide bonds. The van der Waals surface area contributed by atoms with Crippen LogP contribution in [0.3, 0.4) is 0 Å². The minimum absolute atomic E-state index is 0.405. The molecule has 0 fully saturated rings. The molecule has 108 valence electrons. The average Bonchev–Trinajstić information content (AvgIpc) is 2.38. The summed E-state index contributed by atoms with van der Waals surface area (Å²) in [6.45, 7) is 1.31. The summed E-state index contributed by atoms with van der Waals surface area (Å²) in [5.74, 6) is -0.417. The van der Waals surface area contributed by atoms with Gasteiger partial charge in [-0.05, 0) is 36.4 Å². The van der Waals surface area contributed by atoms with E-state index in [9.17, 15) is 9.59 Å². The highest BCUT2D eigenvalue weighted by Gasteiger charge is 2.20. The van der Waals surface area contributed by atoms with Gasteiger partial charge in [0.05, 0.1) is 5.69 Å². The van der Waals surface area contributed by atoms with Crippen LogP contribution in [0.25, 0.3) is 0 Å². The number of carbonyl (C=O) groups is 2. The predicted molar refractivity (Wildman–Crippen MR) is 84.5 cm³/mol. The van der Waals surface area contributed by atoms with Crippen molar-refractivity contribution in [3.63, 3.8) is 0 Å². The number of imide groups is 1. The summed E-state index contributed by atoms with van der Waals surface area (Å²) in [4.78, 5) is 25.1. The first-order valence-corrected chi connectivity index (χ1v) is 6.58. The van der Waals surface area contributed by atoms with Crippen LogP contribution < -0.4 is 16.0 Å². The molecule has 0 unspecified atom stereocenters. The van der Waals surface area contributed by atoms with E-state index in [0.29, 0.717) is 22.1 Å². The molecule has 0 spiro atoms. The van der Waals surface area contributed by atoms with Gasteiger partial charge in [0, 0.05) is 23.3 Å². The zero-order valence-corrected chi connectivity index (χ0v) is 12.1. The molecular weight excluding hydrogens is 290 g/mol.